The maximum absolute atomic E-state index is 11.2. The van der Waals surface area contributed by atoms with Gasteiger partial charge in [0.25, 0.3) is 0 Å². The van der Waals surface area contributed by atoms with Crippen LogP contribution in [0.4, 0.5) is 0 Å². The second-order valence-electron chi connectivity index (χ2n) is 4.11. The lowest BCUT2D eigenvalue weighted by atomic mass is 10.1. The first-order valence-electron chi connectivity index (χ1n) is 5.48. The fourth-order valence-corrected chi connectivity index (χ4v) is 2.09. The fourth-order valence-electron chi connectivity index (χ4n) is 2.09. The standard InChI is InChI=1S/C10H14N4O3/c1-7(15)13-4-2-8(3-5-13)14-9(10(16)17)6-11-12-14/h6,8H,2-5H2,1H3,(H,16,17). The van der Waals surface area contributed by atoms with Crippen LogP contribution < -0.4 is 0 Å². The summed E-state index contributed by atoms with van der Waals surface area (Å²) < 4.78 is 1.44. The number of hydrogen-bond acceptors (Lipinski definition) is 4. The zero-order valence-electron chi connectivity index (χ0n) is 9.54. The van der Waals surface area contributed by atoms with Crippen molar-refractivity contribution in [3.05, 3.63) is 11.9 Å². The van der Waals surface area contributed by atoms with Gasteiger partial charge in [0.05, 0.1) is 12.2 Å². The Bertz CT molecular complexity index is 435. The highest BCUT2D eigenvalue weighted by Crippen LogP contribution is 2.22. The molecule has 1 saturated heterocycles. The van der Waals surface area contributed by atoms with Gasteiger partial charge in [-0.05, 0) is 12.8 Å². The Morgan fingerprint density at radius 3 is 2.59 bits per heavy atom. The van der Waals surface area contributed by atoms with E-state index in [1.54, 1.807) is 11.8 Å². The number of nitrogens with zero attached hydrogens (tertiary/aromatic N) is 4. The number of rotatable bonds is 2. The van der Waals surface area contributed by atoms with Crippen molar-refractivity contribution in [1.82, 2.24) is 19.9 Å². The number of carboxylic acid groups (broad SMARTS) is 1. The van der Waals surface area contributed by atoms with E-state index < -0.39 is 5.97 Å². The summed E-state index contributed by atoms with van der Waals surface area (Å²) in [5, 5.41) is 16.4. The van der Waals surface area contributed by atoms with Crippen LogP contribution in [0.3, 0.4) is 0 Å². The number of carboxylic acids is 1. The van der Waals surface area contributed by atoms with Crippen LogP contribution in [0.2, 0.25) is 0 Å². The molecular formula is C10H14N4O3. The lowest BCUT2D eigenvalue weighted by Crippen LogP contribution is -2.38. The third-order valence-electron chi connectivity index (χ3n) is 3.05. The molecule has 0 aliphatic carbocycles. The van der Waals surface area contributed by atoms with Gasteiger partial charge in [0.1, 0.15) is 0 Å². The summed E-state index contributed by atoms with van der Waals surface area (Å²) >= 11 is 0. The van der Waals surface area contributed by atoms with Crippen molar-refractivity contribution >= 4 is 11.9 Å². The molecule has 0 aromatic carbocycles. The van der Waals surface area contributed by atoms with E-state index in [0.29, 0.717) is 25.9 Å². The number of aromatic nitrogens is 3. The minimum atomic E-state index is -1.02. The third-order valence-corrected chi connectivity index (χ3v) is 3.05. The van der Waals surface area contributed by atoms with Crippen LogP contribution in [0.1, 0.15) is 36.3 Å². The van der Waals surface area contributed by atoms with Crippen molar-refractivity contribution in [2.24, 2.45) is 0 Å². The Hall–Kier alpha value is -1.92. The zero-order chi connectivity index (χ0) is 12.4. The first-order valence-corrected chi connectivity index (χ1v) is 5.48. The Labute approximate surface area is 98.0 Å². The second kappa shape index (κ2) is 4.52. The summed E-state index contributed by atoms with van der Waals surface area (Å²) in [5.41, 5.74) is 0.103. The number of hydrogen-bond donors (Lipinski definition) is 1. The summed E-state index contributed by atoms with van der Waals surface area (Å²) in [6, 6.07) is 0.0131. The summed E-state index contributed by atoms with van der Waals surface area (Å²) in [4.78, 5) is 23.9. The van der Waals surface area contributed by atoms with Crippen LogP contribution >= 0.6 is 0 Å². The quantitative estimate of drug-likeness (QED) is 0.792. The normalized spacial score (nSPS) is 17.1. The molecule has 1 amide bonds. The topological polar surface area (TPSA) is 88.3 Å². The average Bonchev–Trinajstić information content (AvgIpc) is 2.78. The molecule has 1 aromatic heterocycles. The van der Waals surface area contributed by atoms with Gasteiger partial charge in [-0.15, -0.1) is 5.10 Å². The predicted octanol–water partition coefficient (Wildman–Crippen LogP) is 0.160. The zero-order valence-corrected chi connectivity index (χ0v) is 9.54. The average molecular weight is 238 g/mol. The van der Waals surface area contributed by atoms with Crippen LogP contribution in [0, 0.1) is 0 Å². The summed E-state index contributed by atoms with van der Waals surface area (Å²) in [6.07, 6.45) is 2.67. The molecule has 0 saturated carbocycles. The van der Waals surface area contributed by atoms with E-state index in [0.717, 1.165) is 0 Å². The van der Waals surface area contributed by atoms with Gasteiger partial charge in [0.2, 0.25) is 5.91 Å². The Morgan fingerprint density at radius 2 is 2.06 bits per heavy atom. The Kier molecular flexibility index (Phi) is 3.08. The van der Waals surface area contributed by atoms with E-state index in [-0.39, 0.29) is 17.6 Å². The van der Waals surface area contributed by atoms with Gasteiger partial charge in [-0.25, -0.2) is 9.48 Å². The first-order chi connectivity index (χ1) is 8.09. The SMILES string of the molecule is CC(=O)N1CCC(n2nncc2C(=O)O)CC1. The number of piperidine rings is 1. The molecule has 2 heterocycles. The highest BCUT2D eigenvalue weighted by atomic mass is 16.4. The van der Waals surface area contributed by atoms with Gasteiger partial charge in [-0.3, -0.25) is 4.79 Å². The molecule has 1 N–H and O–H groups in total. The molecule has 1 aromatic rings. The van der Waals surface area contributed by atoms with Gasteiger partial charge < -0.3 is 10.0 Å². The van der Waals surface area contributed by atoms with Gasteiger partial charge in [0, 0.05) is 20.0 Å². The van der Waals surface area contributed by atoms with E-state index in [2.05, 4.69) is 10.3 Å². The highest BCUT2D eigenvalue weighted by Gasteiger charge is 2.25. The van der Waals surface area contributed by atoms with E-state index in [1.165, 1.54) is 10.9 Å². The van der Waals surface area contributed by atoms with Crippen molar-refractivity contribution in [3.63, 3.8) is 0 Å². The number of amides is 1. The molecule has 0 spiro atoms. The molecule has 2 rings (SSSR count). The molecule has 1 aliphatic rings. The van der Waals surface area contributed by atoms with Crippen molar-refractivity contribution in [1.29, 1.82) is 0 Å². The minimum Gasteiger partial charge on any atom is -0.476 e. The number of likely N-dealkylation sites (tertiary alicyclic amines) is 1. The Morgan fingerprint density at radius 1 is 1.41 bits per heavy atom. The fraction of sp³-hybridized carbons (Fsp3) is 0.600. The van der Waals surface area contributed by atoms with Crippen LogP contribution in [0.15, 0.2) is 6.20 Å². The minimum absolute atomic E-state index is 0.0131. The summed E-state index contributed by atoms with van der Waals surface area (Å²) in [6.45, 7) is 2.82. The van der Waals surface area contributed by atoms with E-state index >= 15 is 0 Å². The van der Waals surface area contributed by atoms with Gasteiger partial charge in [0.15, 0.2) is 5.69 Å². The number of carbonyl (C=O) groups excluding carboxylic acids is 1. The molecule has 92 valence electrons. The number of carbonyl (C=O) groups is 2. The van der Waals surface area contributed by atoms with Gasteiger partial charge >= 0.3 is 5.97 Å². The molecule has 7 heteroatoms. The van der Waals surface area contributed by atoms with E-state index in [1.807, 2.05) is 0 Å². The van der Waals surface area contributed by atoms with Crippen molar-refractivity contribution in [2.45, 2.75) is 25.8 Å². The van der Waals surface area contributed by atoms with Gasteiger partial charge in [-0.2, -0.15) is 0 Å². The first kappa shape index (κ1) is 11.6. The van der Waals surface area contributed by atoms with Gasteiger partial charge in [-0.1, -0.05) is 5.21 Å². The largest absolute Gasteiger partial charge is 0.476 e. The lowest BCUT2D eigenvalue weighted by molar-refractivity contribution is -0.130. The highest BCUT2D eigenvalue weighted by molar-refractivity contribution is 5.85. The van der Waals surface area contributed by atoms with Crippen molar-refractivity contribution in [3.8, 4) is 0 Å². The monoisotopic (exact) mass is 238 g/mol. The van der Waals surface area contributed by atoms with Crippen LogP contribution in [-0.2, 0) is 4.79 Å². The predicted molar refractivity (Wildman–Crippen MR) is 57.5 cm³/mol. The van der Waals surface area contributed by atoms with E-state index in [4.69, 9.17) is 5.11 Å². The molecule has 0 unspecified atom stereocenters. The number of aromatic carboxylic acids is 1. The molecule has 0 atom stereocenters. The molecular weight excluding hydrogens is 224 g/mol. The van der Waals surface area contributed by atoms with Crippen LogP contribution in [0.5, 0.6) is 0 Å². The molecule has 1 fully saturated rings. The van der Waals surface area contributed by atoms with Crippen LogP contribution in [0.25, 0.3) is 0 Å². The molecule has 0 bridgehead atoms. The van der Waals surface area contributed by atoms with E-state index in [9.17, 15) is 9.59 Å². The molecule has 0 radical (unpaired) electrons. The second-order valence-corrected chi connectivity index (χ2v) is 4.11. The molecule has 7 nitrogen and oxygen atoms in total. The maximum atomic E-state index is 11.2. The summed E-state index contributed by atoms with van der Waals surface area (Å²) in [7, 11) is 0. The maximum Gasteiger partial charge on any atom is 0.355 e. The van der Waals surface area contributed by atoms with Crippen molar-refractivity contribution < 1.29 is 14.7 Å². The molecule has 1 aliphatic heterocycles. The summed E-state index contributed by atoms with van der Waals surface area (Å²) in [5.74, 6) is -0.968. The third kappa shape index (κ3) is 2.27. The van der Waals surface area contributed by atoms with Crippen LogP contribution in [-0.4, -0.2) is 50.0 Å². The van der Waals surface area contributed by atoms with Crippen molar-refractivity contribution in [2.75, 3.05) is 13.1 Å². The smallest absolute Gasteiger partial charge is 0.355 e. The lowest BCUT2D eigenvalue weighted by Gasteiger charge is -2.31. The molecule has 17 heavy (non-hydrogen) atoms. The Balaban J connectivity index is 2.08.